The Morgan fingerprint density at radius 2 is 1.93 bits per heavy atom. The molecule has 0 spiro atoms. The molecular formula is C22H25ClN4O2. The molecule has 1 aromatic heterocycles. The van der Waals surface area contributed by atoms with Crippen LogP contribution in [0.5, 0.6) is 0 Å². The number of carbonyl (C=O) groups excluding carboxylic acids is 2. The van der Waals surface area contributed by atoms with Crippen LogP contribution in [-0.2, 0) is 17.9 Å². The van der Waals surface area contributed by atoms with Gasteiger partial charge in [-0.25, -0.2) is 0 Å². The molecule has 2 amide bonds. The number of nitrogens with one attached hydrogen (secondary N) is 2. The van der Waals surface area contributed by atoms with Gasteiger partial charge in [0, 0.05) is 23.9 Å². The smallest absolute Gasteiger partial charge is 0.257 e. The van der Waals surface area contributed by atoms with Crippen LogP contribution in [-0.4, -0.2) is 21.6 Å². The molecule has 3 aromatic rings. The summed E-state index contributed by atoms with van der Waals surface area (Å²) in [7, 11) is 0. The highest BCUT2D eigenvalue weighted by Gasteiger charge is 2.21. The minimum Gasteiger partial charge on any atom is -0.352 e. The molecule has 152 valence electrons. The van der Waals surface area contributed by atoms with Crippen LogP contribution in [0.3, 0.4) is 0 Å². The number of carbonyl (C=O) groups is 2. The van der Waals surface area contributed by atoms with Crippen LogP contribution in [0.25, 0.3) is 10.9 Å². The Kier molecular flexibility index (Phi) is 5.94. The highest BCUT2D eigenvalue weighted by Crippen LogP contribution is 2.25. The number of aromatic nitrogens is 2. The number of hydrogen-bond acceptors (Lipinski definition) is 3. The molecule has 29 heavy (non-hydrogen) atoms. The molecule has 2 aromatic carbocycles. The Labute approximate surface area is 175 Å². The maximum Gasteiger partial charge on any atom is 0.257 e. The van der Waals surface area contributed by atoms with Crippen LogP contribution in [0.2, 0.25) is 5.02 Å². The quantitative estimate of drug-likeness (QED) is 0.641. The fourth-order valence-corrected chi connectivity index (χ4v) is 3.16. The third-order valence-electron chi connectivity index (χ3n) is 4.64. The van der Waals surface area contributed by atoms with Crippen molar-refractivity contribution in [3.8, 4) is 0 Å². The Hall–Kier alpha value is -2.86. The number of fused-ring (bicyclic) bond motifs is 1. The number of hydrogen-bond donors (Lipinski definition) is 2. The predicted molar refractivity (Wildman–Crippen MR) is 116 cm³/mol. The molecule has 0 unspecified atom stereocenters. The van der Waals surface area contributed by atoms with Crippen LogP contribution in [0.15, 0.2) is 42.6 Å². The standard InChI is InChI=1S/C22H25ClN4O2/c1-5-27-19-8-6-7-18(16(19)13-25-27)26-20(28)15-11-14(9-10-17(15)23)12-24-21(29)22(2,3)4/h6-11,13H,5,12H2,1-4H3,(H,24,29)(H,26,28). The summed E-state index contributed by atoms with van der Waals surface area (Å²) in [4.78, 5) is 25.0. The summed E-state index contributed by atoms with van der Waals surface area (Å²) in [6, 6.07) is 10.9. The van der Waals surface area contributed by atoms with Crippen molar-refractivity contribution >= 4 is 40.0 Å². The van der Waals surface area contributed by atoms with Crippen molar-refractivity contribution in [2.45, 2.75) is 40.8 Å². The summed E-state index contributed by atoms with van der Waals surface area (Å²) in [5.74, 6) is -0.367. The van der Waals surface area contributed by atoms with Gasteiger partial charge in [0.2, 0.25) is 5.91 Å². The molecule has 7 heteroatoms. The highest BCUT2D eigenvalue weighted by molar-refractivity contribution is 6.34. The van der Waals surface area contributed by atoms with Gasteiger partial charge in [-0.2, -0.15) is 5.10 Å². The maximum atomic E-state index is 12.9. The van der Waals surface area contributed by atoms with Gasteiger partial charge in [0.1, 0.15) is 0 Å². The summed E-state index contributed by atoms with van der Waals surface area (Å²) in [6.45, 7) is 8.64. The Bertz CT molecular complexity index is 1070. The lowest BCUT2D eigenvalue weighted by molar-refractivity contribution is -0.128. The zero-order chi connectivity index (χ0) is 21.2. The lowest BCUT2D eigenvalue weighted by atomic mass is 9.95. The van der Waals surface area contributed by atoms with E-state index >= 15 is 0 Å². The average Bonchev–Trinajstić information content (AvgIpc) is 3.10. The Balaban J connectivity index is 1.81. The fourth-order valence-electron chi connectivity index (χ4n) is 2.96. The number of amides is 2. The van der Waals surface area contributed by atoms with E-state index in [2.05, 4.69) is 15.7 Å². The first-order chi connectivity index (χ1) is 13.7. The van der Waals surface area contributed by atoms with Gasteiger partial charge in [-0.1, -0.05) is 44.5 Å². The molecule has 0 saturated heterocycles. The third kappa shape index (κ3) is 4.59. The molecule has 1 heterocycles. The normalized spacial score (nSPS) is 11.5. The van der Waals surface area contributed by atoms with Crippen LogP contribution in [0, 0.1) is 5.41 Å². The van der Waals surface area contributed by atoms with E-state index in [1.54, 1.807) is 24.4 Å². The molecule has 0 aliphatic rings. The van der Waals surface area contributed by atoms with Crippen molar-refractivity contribution in [1.29, 1.82) is 0 Å². The lowest BCUT2D eigenvalue weighted by Gasteiger charge is -2.18. The minimum atomic E-state index is -0.478. The molecule has 0 bridgehead atoms. The van der Waals surface area contributed by atoms with Crippen molar-refractivity contribution in [2.75, 3.05) is 5.32 Å². The van der Waals surface area contributed by atoms with E-state index in [-0.39, 0.29) is 11.8 Å². The van der Waals surface area contributed by atoms with Crippen LogP contribution >= 0.6 is 11.6 Å². The monoisotopic (exact) mass is 412 g/mol. The first-order valence-corrected chi connectivity index (χ1v) is 9.91. The molecule has 0 aliphatic heterocycles. The predicted octanol–water partition coefficient (Wildman–Crippen LogP) is 4.62. The number of benzene rings is 2. The van der Waals surface area contributed by atoms with Crippen molar-refractivity contribution < 1.29 is 9.59 Å². The molecule has 0 atom stereocenters. The molecule has 0 saturated carbocycles. The lowest BCUT2D eigenvalue weighted by Crippen LogP contribution is -2.34. The number of anilines is 1. The van der Waals surface area contributed by atoms with Gasteiger partial charge in [-0.3, -0.25) is 14.3 Å². The summed E-state index contributed by atoms with van der Waals surface area (Å²) >= 11 is 6.27. The van der Waals surface area contributed by atoms with E-state index in [1.807, 2.05) is 50.6 Å². The third-order valence-corrected chi connectivity index (χ3v) is 4.97. The second-order valence-electron chi connectivity index (χ2n) is 7.90. The zero-order valence-corrected chi connectivity index (χ0v) is 17.8. The SMILES string of the molecule is CCn1ncc2c(NC(=O)c3cc(CNC(=O)C(C)(C)C)ccc3Cl)cccc21. The first-order valence-electron chi connectivity index (χ1n) is 9.53. The van der Waals surface area contributed by atoms with E-state index in [9.17, 15) is 9.59 Å². The van der Waals surface area contributed by atoms with Gasteiger partial charge in [0.25, 0.3) is 5.91 Å². The summed E-state index contributed by atoms with van der Waals surface area (Å²) in [5.41, 5.74) is 2.31. The van der Waals surface area contributed by atoms with E-state index < -0.39 is 5.41 Å². The first kappa shape index (κ1) is 20.9. The van der Waals surface area contributed by atoms with Gasteiger partial charge >= 0.3 is 0 Å². The fraction of sp³-hybridized carbons (Fsp3) is 0.318. The summed E-state index contributed by atoms with van der Waals surface area (Å²) < 4.78 is 1.87. The average molecular weight is 413 g/mol. The Morgan fingerprint density at radius 3 is 2.62 bits per heavy atom. The van der Waals surface area contributed by atoms with Crippen molar-refractivity contribution in [3.63, 3.8) is 0 Å². The largest absolute Gasteiger partial charge is 0.352 e. The van der Waals surface area contributed by atoms with Crippen molar-refractivity contribution in [1.82, 2.24) is 15.1 Å². The molecule has 0 aliphatic carbocycles. The highest BCUT2D eigenvalue weighted by atomic mass is 35.5. The van der Waals surface area contributed by atoms with Crippen molar-refractivity contribution in [2.24, 2.45) is 5.41 Å². The molecule has 6 nitrogen and oxygen atoms in total. The maximum absolute atomic E-state index is 12.9. The Morgan fingerprint density at radius 1 is 1.17 bits per heavy atom. The van der Waals surface area contributed by atoms with E-state index in [1.165, 1.54) is 0 Å². The summed E-state index contributed by atoms with van der Waals surface area (Å²) in [6.07, 6.45) is 1.74. The summed E-state index contributed by atoms with van der Waals surface area (Å²) in [5, 5.41) is 11.4. The van der Waals surface area contributed by atoms with E-state index in [4.69, 9.17) is 11.6 Å². The van der Waals surface area contributed by atoms with Crippen LogP contribution in [0.1, 0.15) is 43.6 Å². The topological polar surface area (TPSA) is 76.0 Å². The zero-order valence-electron chi connectivity index (χ0n) is 17.0. The number of halogens is 1. The van der Waals surface area contributed by atoms with Gasteiger partial charge in [-0.05, 0) is 36.8 Å². The minimum absolute atomic E-state index is 0.0573. The van der Waals surface area contributed by atoms with E-state index in [0.29, 0.717) is 22.8 Å². The number of nitrogens with zero attached hydrogens (tertiary/aromatic N) is 2. The van der Waals surface area contributed by atoms with Gasteiger partial charge in [-0.15, -0.1) is 0 Å². The van der Waals surface area contributed by atoms with Gasteiger partial charge in [0.15, 0.2) is 0 Å². The second kappa shape index (κ2) is 8.25. The molecule has 0 radical (unpaired) electrons. The van der Waals surface area contributed by atoms with E-state index in [0.717, 1.165) is 23.0 Å². The van der Waals surface area contributed by atoms with Crippen molar-refractivity contribution in [3.05, 3.63) is 58.7 Å². The molecular weight excluding hydrogens is 388 g/mol. The van der Waals surface area contributed by atoms with Crippen LogP contribution in [0.4, 0.5) is 5.69 Å². The molecule has 0 fully saturated rings. The number of rotatable bonds is 5. The molecule has 2 N–H and O–H groups in total. The second-order valence-corrected chi connectivity index (χ2v) is 8.31. The van der Waals surface area contributed by atoms with Gasteiger partial charge in [0.05, 0.1) is 28.0 Å². The molecule has 3 rings (SSSR count). The van der Waals surface area contributed by atoms with Crippen LogP contribution < -0.4 is 10.6 Å². The number of aryl methyl sites for hydroxylation is 1. The van der Waals surface area contributed by atoms with Gasteiger partial charge < -0.3 is 10.6 Å².